The first-order valence-electron chi connectivity index (χ1n) is 13.4. The summed E-state index contributed by atoms with van der Waals surface area (Å²) >= 11 is 0. The molecule has 0 aliphatic rings. The molecular formula is C31H39N3O5S. The molecule has 0 fully saturated rings. The summed E-state index contributed by atoms with van der Waals surface area (Å²) in [5, 5.41) is 2.90. The number of amides is 2. The Labute approximate surface area is 238 Å². The fraction of sp³-hybridized carbons (Fsp3) is 0.355. The van der Waals surface area contributed by atoms with E-state index in [-0.39, 0.29) is 29.1 Å². The maximum absolute atomic E-state index is 14.1. The van der Waals surface area contributed by atoms with Crippen LogP contribution < -0.4 is 14.4 Å². The number of anilines is 1. The Morgan fingerprint density at radius 3 is 2.12 bits per heavy atom. The molecule has 214 valence electrons. The van der Waals surface area contributed by atoms with Crippen molar-refractivity contribution in [1.29, 1.82) is 0 Å². The van der Waals surface area contributed by atoms with E-state index in [0.717, 1.165) is 21.0 Å². The zero-order valence-corrected chi connectivity index (χ0v) is 24.9. The van der Waals surface area contributed by atoms with Gasteiger partial charge in [-0.2, -0.15) is 0 Å². The Morgan fingerprint density at radius 1 is 0.925 bits per heavy atom. The lowest BCUT2D eigenvalue weighted by atomic mass is 10.1. The van der Waals surface area contributed by atoms with Gasteiger partial charge in [0.2, 0.25) is 11.8 Å². The number of methoxy groups -OCH3 is 1. The van der Waals surface area contributed by atoms with E-state index in [2.05, 4.69) is 5.32 Å². The van der Waals surface area contributed by atoms with Crippen LogP contribution in [-0.2, 0) is 26.2 Å². The number of benzene rings is 3. The lowest BCUT2D eigenvalue weighted by Crippen LogP contribution is -2.53. The normalized spacial score (nSPS) is 12.1. The Morgan fingerprint density at radius 2 is 1.55 bits per heavy atom. The predicted molar refractivity (Wildman–Crippen MR) is 158 cm³/mol. The Hall–Kier alpha value is -3.85. The highest BCUT2D eigenvalue weighted by Crippen LogP contribution is 2.34. The van der Waals surface area contributed by atoms with Crippen molar-refractivity contribution in [3.8, 4) is 5.75 Å². The summed E-state index contributed by atoms with van der Waals surface area (Å²) in [5.74, 6) is -0.481. The van der Waals surface area contributed by atoms with E-state index < -0.39 is 28.5 Å². The van der Waals surface area contributed by atoms with Crippen LogP contribution in [0.1, 0.15) is 43.9 Å². The molecule has 2 amide bonds. The summed E-state index contributed by atoms with van der Waals surface area (Å²) in [4.78, 5) is 28.9. The molecule has 0 radical (unpaired) electrons. The van der Waals surface area contributed by atoms with Crippen LogP contribution in [0.3, 0.4) is 0 Å². The molecule has 8 nitrogen and oxygen atoms in total. The molecule has 1 N–H and O–H groups in total. The van der Waals surface area contributed by atoms with Crippen LogP contribution in [0.4, 0.5) is 5.69 Å². The van der Waals surface area contributed by atoms with E-state index in [0.29, 0.717) is 12.2 Å². The maximum atomic E-state index is 14.1. The molecular weight excluding hydrogens is 526 g/mol. The van der Waals surface area contributed by atoms with Gasteiger partial charge >= 0.3 is 0 Å². The first-order valence-corrected chi connectivity index (χ1v) is 14.8. The maximum Gasteiger partial charge on any atom is 0.264 e. The molecule has 1 atom stereocenters. The molecule has 0 aliphatic heterocycles. The van der Waals surface area contributed by atoms with Crippen molar-refractivity contribution >= 4 is 27.5 Å². The van der Waals surface area contributed by atoms with Crippen molar-refractivity contribution in [2.24, 2.45) is 0 Å². The van der Waals surface area contributed by atoms with Crippen LogP contribution in [0.2, 0.25) is 0 Å². The van der Waals surface area contributed by atoms with Gasteiger partial charge in [0, 0.05) is 12.6 Å². The van der Waals surface area contributed by atoms with Crippen molar-refractivity contribution in [2.75, 3.05) is 18.0 Å². The lowest BCUT2D eigenvalue weighted by molar-refractivity contribution is -0.140. The molecule has 0 aliphatic carbocycles. The minimum Gasteiger partial charge on any atom is -0.495 e. The lowest BCUT2D eigenvalue weighted by Gasteiger charge is -2.34. The Balaban J connectivity index is 2.12. The van der Waals surface area contributed by atoms with Gasteiger partial charge in [-0.1, -0.05) is 61.0 Å². The highest BCUT2D eigenvalue weighted by Gasteiger charge is 2.35. The number of hydrogen-bond acceptors (Lipinski definition) is 5. The molecule has 0 saturated heterocycles. The first-order chi connectivity index (χ1) is 19.0. The number of nitrogens with zero attached hydrogens (tertiary/aromatic N) is 2. The molecule has 40 heavy (non-hydrogen) atoms. The number of ether oxygens (including phenoxy) is 1. The Bertz CT molecular complexity index is 1410. The summed E-state index contributed by atoms with van der Waals surface area (Å²) < 4.78 is 34.8. The highest BCUT2D eigenvalue weighted by atomic mass is 32.2. The topological polar surface area (TPSA) is 96.0 Å². The number of carbonyl (C=O) groups excluding carboxylic acids is 2. The fourth-order valence-electron chi connectivity index (χ4n) is 4.43. The molecule has 0 unspecified atom stereocenters. The summed E-state index contributed by atoms with van der Waals surface area (Å²) in [5.41, 5.74) is 2.78. The zero-order chi connectivity index (χ0) is 29.4. The van der Waals surface area contributed by atoms with Crippen LogP contribution in [0.15, 0.2) is 77.7 Å². The van der Waals surface area contributed by atoms with Crippen molar-refractivity contribution in [3.63, 3.8) is 0 Å². The van der Waals surface area contributed by atoms with Crippen molar-refractivity contribution in [2.45, 2.75) is 64.6 Å². The monoisotopic (exact) mass is 565 g/mol. The van der Waals surface area contributed by atoms with Crippen LogP contribution in [0.5, 0.6) is 5.75 Å². The van der Waals surface area contributed by atoms with Gasteiger partial charge in [-0.25, -0.2) is 8.42 Å². The zero-order valence-electron chi connectivity index (χ0n) is 24.0. The van der Waals surface area contributed by atoms with Crippen LogP contribution >= 0.6 is 0 Å². The van der Waals surface area contributed by atoms with Crippen LogP contribution in [0, 0.1) is 13.8 Å². The second-order valence-corrected chi connectivity index (χ2v) is 12.0. The summed E-state index contributed by atoms with van der Waals surface area (Å²) in [7, 11) is -2.73. The van der Waals surface area contributed by atoms with Gasteiger partial charge in [-0.05, 0) is 69.5 Å². The van der Waals surface area contributed by atoms with Gasteiger partial charge in [-0.15, -0.1) is 0 Å². The van der Waals surface area contributed by atoms with Gasteiger partial charge in [0.05, 0.1) is 17.7 Å². The highest BCUT2D eigenvalue weighted by molar-refractivity contribution is 7.92. The van der Waals surface area contributed by atoms with Crippen molar-refractivity contribution in [1.82, 2.24) is 10.2 Å². The second kappa shape index (κ2) is 13.5. The molecule has 0 saturated carbocycles. The minimum atomic E-state index is -4.19. The van der Waals surface area contributed by atoms with E-state index in [9.17, 15) is 18.0 Å². The summed E-state index contributed by atoms with van der Waals surface area (Å²) in [6.45, 7) is 8.88. The number of hydrogen-bond donors (Lipinski definition) is 1. The summed E-state index contributed by atoms with van der Waals surface area (Å²) in [6.07, 6.45) is 0.357. The second-order valence-electron chi connectivity index (χ2n) is 10.1. The molecule has 0 bridgehead atoms. The van der Waals surface area contributed by atoms with E-state index in [1.54, 1.807) is 24.3 Å². The van der Waals surface area contributed by atoms with Gasteiger partial charge in [0.1, 0.15) is 18.3 Å². The Kier molecular flexibility index (Phi) is 10.3. The number of carbonyl (C=O) groups is 2. The molecule has 0 spiro atoms. The van der Waals surface area contributed by atoms with Crippen LogP contribution in [-0.4, -0.2) is 50.9 Å². The number of aryl methyl sites for hydroxylation is 2. The van der Waals surface area contributed by atoms with E-state index >= 15 is 0 Å². The molecule has 3 aromatic rings. The van der Waals surface area contributed by atoms with Crippen molar-refractivity contribution < 1.29 is 22.7 Å². The molecule has 3 rings (SSSR count). The van der Waals surface area contributed by atoms with E-state index in [1.165, 1.54) is 24.1 Å². The average Bonchev–Trinajstić information content (AvgIpc) is 2.91. The van der Waals surface area contributed by atoms with Gasteiger partial charge in [0.15, 0.2) is 0 Å². The van der Waals surface area contributed by atoms with Gasteiger partial charge in [-0.3, -0.25) is 13.9 Å². The smallest absolute Gasteiger partial charge is 0.264 e. The third-order valence-corrected chi connectivity index (χ3v) is 8.28. The molecule has 9 heteroatoms. The third-order valence-electron chi connectivity index (χ3n) is 6.50. The minimum absolute atomic E-state index is 0.0497. The largest absolute Gasteiger partial charge is 0.495 e. The predicted octanol–water partition coefficient (Wildman–Crippen LogP) is 4.84. The number of sulfonamides is 1. The fourth-order valence-corrected chi connectivity index (χ4v) is 5.84. The van der Waals surface area contributed by atoms with Crippen LogP contribution in [0.25, 0.3) is 0 Å². The molecule has 3 aromatic carbocycles. The first kappa shape index (κ1) is 30.7. The quantitative estimate of drug-likeness (QED) is 0.339. The number of nitrogens with one attached hydrogen (secondary N) is 1. The SMILES string of the molecule is CC[C@H](C(=O)NC(C)C)N(Cc1ccccc1)C(=O)CN(c1cc(C)ccc1OC)S(=O)(=O)c1ccc(C)cc1. The average molecular weight is 566 g/mol. The van der Waals surface area contributed by atoms with Gasteiger partial charge < -0.3 is 15.0 Å². The standard InChI is InChI=1S/C31H39N3O5S/c1-7-27(31(36)32-22(2)3)33(20-25-11-9-8-10-12-25)30(35)21-34(28-19-24(5)15-18-29(28)39-6)40(37,38)26-16-13-23(4)14-17-26/h8-19,22,27H,7,20-21H2,1-6H3,(H,32,36)/t27-/m1/s1. The molecule has 0 heterocycles. The van der Waals surface area contributed by atoms with Crippen molar-refractivity contribution in [3.05, 3.63) is 89.5 Å². The van der Waals surface area contributed by atoms with Gasteiger partial charge in [0.25, 0.3) is 10.0 Å². The van der Waals surface area contributed by atoms with E-state index in [4.69, 9.17) is 4.74 Å². The van der Waals surface area contributed by atoms with E-state index in [1.807, 2.05) is 71.0 Å². The third kappa shape index (κ3) is 7.41. The molecule has 0 aromatic heterocycles. The number of rotatable bonds is 12. The summed E-state index contributed by atoms with van der Waals surface area (Å²) in [6, 6.07) is 20.1.